The third kappa shape index (κ3) is 2.89. The number of thiazole rings is 1. The molecule has 2 atom stereocenters. The van der Waals surface area contributed by atoms with E-state index in [9.17, 15) is 4.79 Å². The molecule has 4 fully saturated rings. The Morgan fingerprint density at radius 1 is 1.07 bits per heavy atom. The normalized spacial score (nSPS) is 32.6. The fourth-order valence-corrected chi connectivity index (χ4v) is 8.25. The van der Waals surface area contributed by atoms with Gasteiger partial charge in [0.25, 0.3) is 0 Å². The summed E-state index contributed by atoms with van der Waals surface area (Å²) in [7, 11) is 0. The summed E-state index contributed by atoms with van der Waals surface area (Å²) in [4.78, 5) is 18.3. The summed E-state index contributed by atoms with van der Waals surface area (Å²) in [5.74, 6) is 1.55. The van der Waals surface area contributed by atoms with Gasteiger partial charge in [-0.1, -0.05) is 57.6 Å². The predicted octanol–water partition coefficient (Wildman–Crippen LogP) is 6.54. The first-order valence-electron chi connectivity index (χ1n) is 10.5. The molecule has 1 amide bonds. The lowest BCUT2D eigenvalue weighted by molar-refractivity contribution is -0.143. The van der Waals surface area contributed by atoms with Gasteiger partial charge >= 0.3 is 0 Å². The average Bonchev–Trinajstić information content (AvgIpc) is 3.09. The van der Waals surface area contributed by atoms with Crippen LogP contribution in [0.1, 0.15) is 44.1 Å². The van der Waals surface area contributed by atoms with Gasteiger partial charge in [-0.25, -0.2) is 4.98 Å². The molecule has 5 heteroatoms. The molecule has 0 radical (unpaired) electrons. The minimum absolute atomic E-state index is 0.182. The molecule has 0 spiro atoms. The highest BCUT2D eigenvalue weighted by atomic mass is 79.9. The zero-order valence-corrected chi connectivity index (χ0v) is 18.6. The number of aromatic nitrogens is 1. The largest absolute Gasteiger partial charge is 0.301 e. The Balaban J connectivity index is 1.33. The number of anilines is 1. The Kier molecular flexibility index (Phi) is 3.98. The van der Waals surface area contributed by atoms with Gasteiger partial charge in [0.2, 0.25) is 5.91 Å². The monoisotopic (exact) mass is 466 g/mol. The molecule has 1 heterocycles. The zero-order valence-electron chi connectivity index (χ0n) is 16.2. The van der Waals surface area contributed by atoms with Gasteiger partial charge < -0.3 is 5.32 Å². The number of nitrogens with zero attached hydrogens (tertiary/aromatic N) is 1. The number of fused-ring (bicyclic) bond motifs is 1. The fraction of sp³-hybridized carbons (Fsp3) is 0.417. The fourth-order valence-electron chi connectivity index (χ4n) is 6.84. The molecule has 4 aliphatic rings. The molecule has 1 aromatic heterocycles. The van der Waals surface area contributed by atoms with Crippen LogP contribution < -0.4 is 5.32 Å². The lowest BCUT2D eigenvalue weighted by Gasteiger charge is -2.61. The maximum Gasteiger partial charge on any atom is 0.232 e. The van der Waals surface area contributed by atoms with Gasteiger partial charge in [-0.2, -0.15) is 0 Å². The summed E-state index contributed by atoms with van der Waals surface area (Å²) in [6.45, 7) is 0. The second kappa shape index (κ2) is 6.39. The maximum atomic E-state index is 13.6. The summed E-state index contributed by atoms with van der Waals surface area (Å²) < 4.78 is 2.14. The van der Waals surface area contributed by atoms with Crippen molar-refractivity contribution >= 4 is 48.5 Å². The highest BCUT2D eigenvalue weighted by molar-refractivity contribution is 9.10. The van der Waals surface area contributed by atoms with Crippen molar-refractivity contribution in [2.75, 3.05) is 5.32 Å². The van der Waals surface area contributed by atoms with E-state index in [4.69, 9.17) is 0 Å². The molecular weight excluding hydrogens is 444 g/mol. The van der Waals surface area contributed by atoms with E-state index in [1.807, 2.05) is 12.1 Å². The summed E-state index contributed by atoms with van der Waals surface area (Å²) in [6.07, 6.45) is 6.87. The van der Waals surface area contributed by atoms with E-state index < -0.39 is 0 Å². The number of hydrogen-bond acceptors (Lipinski definition) is 3. The van der Waals surface area contributed by atoms with Crippen LogP contribution in [-0.4, -0.2) is 10.9 Å². The van der Waals surface area contributed by atoms with Crippen molar-refractivity contribution in [2.45, 2.75) is 43.9 Å². The van der Waals surface area contributed by atoms with Gasteiger partial charge in [-0.15, -0.1) is 0 Å². The van der Waals surface area contributed by atoms with Crippen LogP contribution in [0.5, 0.6) is 0 Å². The van der Waals surface area contributed by atoms with Crippen LogP contribution >= 0.6 is 27.3 Å². The molecule has 0 aliphatic heterocycles. The number of rotatable bonds is 3. The Morgan fingerprint density at radius 3 is 2.59 bits per heavy atom. The van der Waals surface area contributed by atoms with Crippen LogP contribution in [-0.2, 0) is 10.2 Å². The molecule has 29 heavy (non-hydrogen) atoms. The second-order valence-corrected chi connectivity index (χ2v) is 11.4. The van der Waals surface area contributed by atoms with Crippen LogP contribution in [0.15, 0.2) is 53.0 Å². The van der Waals surface area contributed by atoms with E-state index >= 15 is 0 Å². The highest BCUT2D eigenvalue weighted by Gasteiger charge is 2.60. The minimum atomic E-state index is -0.238. The Bertz CT molecular complexity index is 1090. The van der Waals surface area contributed by atoms with Crippen LogP contribution in [0.2, 0.25) is 0 Å². The Hall–Kier alpha value is -1.72. The second-order valence-electron chi connectivity index (χ2n) is 9.47. The molecule has 4 saturated carbocycles. The molecule has 0 unspecified atom stereocenters. The number of hydrogen-bond donors (Lipinski definition) is 1. The summed E-state index contributed by atoms with van der Waals surface area (Å²) in [5.41, 5.74) is 2.33. The molecule has 0 saturated heterocycles. The maximum absolute atomic E-state index is 13.6. The highest BCUT2D eigenvalue weighted by Crippen LogP contribution is 2.66. The number of carbonyl (C=O) groups is 1. The van der Waals surface area contributed by atoms with Crippen LogP contribution in [0.25, 0.3) is 10.2 Å². The standard InChI is InChI=1S/C24H23BrN2OS/c25-18-6-7-19-20(9-18)29-22(26-19)27-21(28)24-12-15-8-16(13-24)11-23(10-15,14-24)17-4-2-1-3-5-17/h1-7,9,15-16H,8,10-14H2,(H,26,27,28)/t15-,16-,23?,24?/m1/s1. The first-order chi connectivity index (χ1) is 14.0. The van der Waals surface area contributed by atoms with Gasteiger partial charge in [0.15, 0.2) is 5.13 Å². The van der Waals surface area contributed by atoms with Gasteiger partial charge in [0, 0.05) is 4.47 Å². The van der Waals surface area contributed by atoms with Crippen molar-refractivity contribution < 1.29 is 4.79 Å². The third-order valence-corrected chi connectivity index (χ3v) is 8.93. The molecule has 1 N–H and O–H groups in total. The number of amides is 1. The summed E-state index contributed by atoms with van der Waals surface area (Å²) >= 11 is 5.09. The zero-order chi connectivity index (χ0) is 19.6. The van der Waals surface area contributed by atoms with Crippen LogP contribution in [0.3, 0.4) is 0 Å². The topological polar surface area (TPSA) is 42.0 Å². The van der Waals surface area contributed by atoms with Crippen molar-refractivity contribution in [1.82, 2.24) is 4.98 Å². The van der Waals surface area contributed by atoms with E-state index in [1.54, 1.807) is 11.3 Å². The van der Waals surface area contributed by atoms with E-state index in [1.165, 1.54) is 24.8 Å². The summed E-state index contributed by atoms with van der Waals surface area (Å²) in [5, 5.41) is 3.96. The van der Waals surface area contributed by atoms with E-state index in [0.29, 0.717) is 11.8 Å². The number of benzene rings is 2. The quantitative estimate of drug-likeness (QED) is 0.476. The Morgan fingerprint density at radius 2 is 1.83 bits per heavy atom. The number of halogens is 1. The minimum Gasteiger partial charge on any atom is -0.301 e. The number of carbonyl (C=O) groups excluding carboxylic acids is 1. The molecular formula is C24H23BrN2OS. The van der Waals surface area contributed by atoms with Crippen molar-refractivity contribution in [3.05, 3.63) is 58.6 Å². The van der Waals surface area contributed by atoms with Gasteiger partial charge in [-0.3, -0.25) is 4.79 Å². The lowest BCUT2D eigenvalue weighted by Crippen LogP contribution is -2.57. The first kappa shape index (κ1) is 18.1. The third-order valence-electron chi connectivity index (χ3n) is 7.50. The molecule has 2 aromatic carbocycles. The molecule has 148 valence electrons. The van der Waals surface area contributed by atoms with Crippen LogP contribution in [0, 0.1) is 17.3 Å². The molecule has 4 aliphatic carbocycles. The Labute approximate surface area is 183 Å². The van der Waals surface area contributed by atoms with Gasteiger partial charge in [0.1, 0.15) is 0 Å². The van der Waals surface area contributed by atoms with E-state index in [2.05, 4.69) is 62.6 Å². The molecule has 3 aromatic rings. The van der Waals surface area contributed by atoms with Crippen molar-refractivity contribution in [1.29, 1.82) is 0 Å². The van der Waals surface area contributed by atoms with Crippen molar-refractivity contribution in [2.24, 2.45) is 17.3 Å². The average molecular weight is 467 g/mol. The summed E-state index contributed by atoms with van der Waals surface area (Å²) in [6, 6.07) is 17.0. The van der Waals surface area contributed by atoms with E-state index in [0.717, 1.165) is 39.1 Å². The van der Waals surface area contributed by atoms with Gasteiger partial charge in [-0.05, 0) is 79.5 Å². The van der Waals surface area contributed by atoms with E-state index in [-0.39, 0.29) is 16.7 Å². The lowest BCUT2D eigenvalue weighted by atomic mass is 9.42. The first-order valence-corrected chi connectivity index (χ1v) is 12.1. The molecule has 4 bridgehead atoms. The van der Waals surface area contributed by atoms with Gasteiger partial charge in [0.05, 0.1) is 15.6 Å². The van der Waals surface area contributed by atoms with Crippen LogP contribution in [0.4, 0.5) is 5.13 Å². The van der Waals surface area contributed by atoms with Crippen molar-refractivity contribution in [3.63, 3.8) is 0 Å². The van der Waals surface area contributed by atoms with Crippen molar-refractivity contribution in [3.8, 4) is 0 Å². The predicted molar refractivity (Wildman–Crippen MR) is 121 cm³/mol. The smallest absolute Gasteiger partial charge is 0.232 e. The molecule has 7 rings (SSSR count). The number of nitrogens with one attached hydrogen (secondary N) is 1. The SMILES string of the molecule is O=C(Nc1nc2ccc(Br)cc2s1)C12C[C@@H]3C[C@@H](C1)CC(c1ccccc1)(C3)C2. The molecule has 3 nitrogen and oxygen atoms in total.